The molecular weight excluding hydrogens is 238 g/mol. The van der Waals surface area contributed by atoms with Crippen molar-refractivity contribution in [1.82, 2.24) is 9.97 Å². The standard InChI is InChI=1S/C12H12F2N4/c1-7-11(14)12(18-15)17-10(16-7)6-8-3-2-4-9(13)5-8/h2-5H,6,15H2,1H3,(H,16,17,18). The van der Waals surface area contributed by atoms with Crippen LogP contribution in [0.2, 0.25) is 0 Å². The average molecular weight is 250 g/mol. The lowest BCUT2D eigenvalue weighted by atomic mass is 10.1. The van der Waals surface area contributed by atoms with E-state index in [0.29, 0.717) is 17.8 Å². The Morgan fingerprint density at radius 3 is 2.72 bits per heavy atom. The van der Waals surface area contributed by atoms with Crippen LogP contribution in [0.4, 0.5) is 14.6 Å². The number of nitrogen functional groups attached to an aromatic ring is 1. The van der Waals surface area contributed by atoms with Crippen molar-refractivity contribution in [3.63, 3.8) is 0 Å². The smallest absolute Gasteiger partial charge is 0.187 e. The number of anilines is 1. The number of aryl methyl sites for hydroxylation is 1. The summed E-state index contributed by atoms with van der Waals surface area (Å²) in [6, 6.07) is 6.09. The Morgan fingerprint density at radius 2 is 2.06 bits per heavy atom. The number of aromatic nitrogens is 2. The molecule has 0 radical (unpaired) electrons. The molecule has 4 nitrogen and oxygen atoms in total. The Morgan fingerprint density at radius 1 is 1.28 bits per heavy atom. The molecule has 3 N–H and O–H groups in total. The highest BCUT2D eigenvalue weighted by Gasteiger charge is 2.10. The first-order valence-corrected chi connectivity index (χ1v) is 5.34. The summed E-state index contributed by atoms with van der Waals surface area (Å²) < 4.78 is 26.5. The summed E-state index contributed by atoms with van der Waals surface area (Å²) in [5, 5.41) is 0. The van der Waals surface area contributed by atoms with Gasteiger partial charge in [-0.05, 0) is 24.6 Å². The lowest BCUT2D eigenvalue weighted by molar-refractivity contribution is 0.600. The highest BCUT2D eigenvalue weighted by molar-refractivity contribution is 5.37. The molecule has 0 unspecified atom stereocenters. The molecule has 0 saturated heterocycles. The van der Waals surface area contributed by atoms with Gasteiger partial charge in [-0.2, -0.15) is 0 Å². The number of nitrogens with two attached hydrogens (primary N) is 1. The molecule has 0 spiro atoms. The van der Waals surface area contributed by atoms with Crippen LogP contribution in [0.3, 0.4) is 0 Å². The maximum Gasteiger partial charge on any atom is 0.187 e. The van der Waals surface area contributed by atoms with Crippen LogP contribution >= 0.6 is 0 Å². The third kappa shape index (κ3) is 2.60. The first kappa shape index (κ1) is 12.4. The van der Waals surface area contributed by atoms with Crippen molar-refractivity contribution in [2.75, 3.05) is 5.43 Å². The Balaban J connectivity index is 2.32. The predicted molar refractivity (Wildman–Crippen MR) is 63.7 cm³/mol. The van der Waals surface area contributed by atoms with Gasteiger partial charge in [0.1, 0.15) is 11.6 Å². The van der Waals surface area contributed by atoms with E-state index < -0.39 is 5.82 Å². The fraction of sp³-hybridized carbons (Fsp3) is 0.167. The molecule has 2 rings (SSSR count). The zero-order valence-corrected chi connectivity index (χ0v) is 9.74. The lowest BCUT2D eigenvalue weighted by Gasteiger charge is -2.07. The van der Waals surface area contributed by atoms with Crippen LogP contribution in [0.15, 0.2) is 24.3 Å². The molecule has 0 aliphatic carbocycles. The number of benzene rings is 1. The first-order valence-electron chi connectivity index (χ1n) is 5.34. The van der Waals surface area contributed by atoms with Crippen molar-refractivity contribution in [3.05, 3.63) is 53.0 Å². The molecule has 94 valence electrons. The maximum atomic E-state index is 13.5. The summed E-state index contributed by atoms with van der Waals surface area (Å²) in [4.78, 5) is 7.93. The van der Waals surface area contributed by atoms with Crippen LogP contribution in [-0.4, -0.2) is 9.97 Å². The molecule has 18 heavy (non-hydrogen) atoms. The van der Waals surface area contributed by atoms with E-state index in [0.717, 1.165) is 0 Å². The van der Waals surface area contributed by atoms with E-state index in [-0.39, 0.29) is 17.3 Å². The summed E-state index contributed by atoms with van der Waals surface area (Å²) in [5.74, 6) is 4.57. The molecule has 0 aliphatic heterocycles. The van der Waals surface area contributed by atoms with Crippen molar-refractivity contribution in [2.24, 2.45) is 5.84 Å². The maximum absolute atomic E-state index is 13.5. The molecule has 0 fully saturated rings. The minimum absolute atomic E-state index is 0.0612. The SMILES string of the molecule is Cc1nc(Cc2cccc(F)c2)nc(NN)c1F. The van der Waals surface area contributed by atoms with Gasteiger partial charge >= 0.3 is 0 Å². The van der Waals surface area contributed by atoms with Gasteiger partial charge in [0.25, 0.3) is 0 Å². The molecule has 6 heteroatoms. The lowest BCUT2D eigenvalue weighted by Crippen LogP contribution is -2.14. The first-order chi connectivity index (χ1) is 8.60. The molecule has 1 heterocycles. The van der Waals surface area contributed by atoms with Crippen LogP contribution in [0.25, 0.3) is 0 Å². The van der Waals surface area contributed by atoms with Gasteiger partial charge in [-0.15, -0.1) is 0 Å². The number of halogens is 2. The van der Waals surface area contributed by atoms with Crippen LogP contribution in [-0.2, 0) is 6.42 Å². The molecule has 1 aromatic heterocycles. The summed E-state index contributed by atoms with van der Waals surface area (Å²) in [5.41, 5.74) is 3.08. The quantitative estimate of drug-likeness (QED) is 0.645. The van der Waals surface area contributed by atoms with Crippen molar-refractivity contribution >= 4 is 5.82 Å². The monoisotopic (exact) mass is 250 g/mol. The van der Waals surface area contributed by atoms with Crippen LogP contribution < -0.4 is 11.3 Å². The van der Waals surface area contributed by atoms with Gasteiger partial charge < -0.3 is 5.43 Å². The topological polar surface area (TPSA) is 63.8 Å². The van der Waals surface area contributed by atoms with Crippen molar-refractivity contribution < 1.29 is 8.78 Å². The van der Waals surface area contributed by atoms with Crippen molar-refractivity contribution in [2.45, 2.75) is 13.3 Å². The molecule has 0 bridgehead atoms. The highest BCUT2D eigenvalue weighted by atomic mass is 19.1. The largest absolute Gasteiger partial charge is 0.306 e. The highest BCUT2D eigenvalue weighted by Crippen LogP contribution is 2.15. The van der Waals surface area contributed by atoms with Gasteiger partial charge in [0, 0.05) is 6.42 Å². The van der Waals surface area contributed by atoms with E-state index in [1.165, 1.54) is 19.1 Å². The minimum Gasteiger partial charge on any atom is -0.306 e. The van der Waals surface area contributed by atoms with Gasteiger partial charge in [-0.3, -0.25) is 0 Å². The number of nitrogens with one attached hydrogen (secondary N) is 1. The molecule has 0 saturated carbocycles. The van der Waals surface area contributed by atoms with E-state index in [1.807, 2.05) is 0 Å². The number of hydrogen-bond acceptors (Lipinski definition) is 4. The van der Waals surface area contributed by atoms with E-state index in [2.05, 4.69) is 15.4 Å². The van der Waals surface area contributed by atoms with Crippen molar-refractivity contribution in [1.29, 1.82) is 0 Å². The van der Waals surface area contributed by atoms with Crippen LogP contribution in [0, 0.1) is 18.6 Å². The van der Waals surface area contributed by atoms with Crippen LogP contribution in [0.5, 0.6) is 0 Å². The van der Waals surface area contributed by atoms with Gasteiger partial charge in [0.15, 0.2) is 11.6 Å². The average Bonchev–Trinajstić information content (AvgIpc) is 2.33. The van der Waals surface area contributed by atoms with Gasteiger partial charge in [-0.25, -0.2) is 24.6 Å². The molecular formula is C12H12F2N4. The third-order valence-electron chi connectivity index (χ3n) is 2.45. The van der Waals surface area contributed by atoms with Gasteiger partial charge in [0.2, 0.25) is 0 Å². The van der Waals surface area contributed by atoms with Crippen molar-refractivity contribution in [3.8, 4) is 0 Å². The second-order valence-corrected chi connectivity index (χ2v) is 3.84. The predicted octanol–water partition coefficient (Wildman–Crippen LogP) is 1.94. The summed E-state index contributed by atoms with van der Waals surface area (Å²) in [6.07, 6.45) is 0.313. The van der Waals surface area contributed by atoms with E-state index >= 15 is 0 Å². The second kappa shape index (κ2) is 5.05. The summed E-state index contributed by atoms with van der Waals surface area (Å²) >= 11 is 0. The molecule has 0 amide bonds. The normalized spacial score (nSPS) is 10.4. The van der Waals surface area contributed by atoms with Gasteiger partial charge in [0.05, 0.1) is 5.69 Å². The molecule has 0 atom stereocenters. The second-order valence-electron chi connectivity index (χ2n) is 3.84. The molecule has 0 aliphatic rings. The number of hydrazine groups is 1. The van der Waals surface area contributed by atoms with E-state index in [4.69, 9.17) is 5.84 Å². The molecule has 2 aromatic rings. The zero-order valence-electron chi connectivity index (χ0n) is 9.74. The number of hydrogen-bond donors (Lipinski definition) is 2. The molecule has 1 aromatic carbocycles. The minimum atomic E-state index is -0.583. The fourth-order valence-electron chi connectivity index (χ4n) is 1.62. The summed E-state index contributed by atoms with van der Waals surface area (Å²) in [6.45, 7) is 1.52. The Bertz CT molecular complexity index is 572. The zero-order chi connectivity index (χ0) is 13.1. The Kier molecular flexibility index (Phi) is 3.47. The number of rotatable bonds is 3. The fourth-order valence-corrected chi connectivity index (χ4v) is 1.62. The Labute approximate surface area is 103 Å². The van der Waals surface area contributed by atoms with Crippen LogP contribution in [0.1, 0.15) is 17.1 Å². The summed E-state index contributed by atoms with van der Waals surface area (Å²) in [7, 11) is 0. The van der Waals surface area contributed by atoms with E-state index in [9.17, 15) is 8.78 Å². The third-order valence-corrected chi connectivity index (χ3v) is 2.45. The Hall–Kier alpha value is -2.08. The number of nitrogens with zero attached hydrogens (tertiary/aromatic N) is 2. The van der Waals surface area contributed by atoms with Gasteiger partial charge in [-0.1, -0.05) is 12.1 Å². The van der Waals surface area contributed by atoms with E-state index in [1.54, 1.807) is 12.1 Å².